The molecule has 0 fully saturated rings. The van der Waals surface area contributed by atoms with E-state index >= 15 is 0 Å². The van der Waals surface area contributed by atoms with Gasteiger partial charge in [0, 0.05) is 0 Å². The zero-order valence-corrected chi connectivity index (χ0v) is 20.0. The molecule has 2 aliphatic carbocycles. The molecule has 0 atom stereocenters. The van der Waals surface area contributed by atoms with Gasteiger partial charge in [0.25, 0.3) is 0 Å². The predicted octanol–water partition coefficient (Wildman–Crippen LogP) is 6.03. The van der Waals surface area contributed by atoms with E-state index in [9.17, 15) is 0 Å². The van der Waals surface area contributed by atoms with Gasteiger partial charge in [0.2, 0.25) is 0 Å². The first-order chi connectivity index (χ1) is 11.9. The van der Waals surface area contributed by atoms with Gasteiger partial charge in [-0.05, 0) is 43.7 Å². The maximum atomic E-state index is 6.12. The van der Waals surface area contributed by atoms with Crippen LogP contribution in [-0.4, -0.2) is 13.2 Å². The van der Waals surface area contributed by atoms with Crippen molar-refractivity contribution in [2.24, 2.45) is 0 Å². The van der Waals surface area contributed by atoms with Crippen molar-refractivity contribution in [3.8, 4) is 22.6 Å². The Morgan fingerprint density at radius 1 is 0.750 bits per heavy atom. The topological polar surface area (TPSA) is 18.5 Å². The first-order valence-electron chi connectivity index (χ1n) is 9.39. The van der Waals surface area contributed by atoms with Gasteiger partial charge < -0.3 is 31.8 Å². The summed E-state index contributed by atoms with van der Waals surface area (Å²) in [5, 5.41) is 0. The summed E-state index contributed by atoms with van der Waals surface area (Å²) in [6.45, 7) is 1.30. The molecular formula is C25H32O2Os. The van der Waals surface area contributed by atoms with E-state index in [-0.39, 0.29) is 42.1 Å². The summed E-state index contributed by atoms with van der Waals surface area (Å²) in [4.78, 5) is 0. The van der Waals surface area contributed by atoms with E-state index < -0.39 is 0 Å². The Morgan fingerprint density at radius 2 is 1.39 bits per heavy atom. The smallest absolute Gasteiger partial charge is 0.495 e. The van der Waals surface area contributed by atoms with Gasteiger partial charge in [-0.1, -0.05) is 30.4 Å². The molecule has 2 aromatic rings. The van der Waals surface area contributed by atoms with E-state index in [1.165, 1.54) is 71.9 Å². The Labute approximate surface area is 185 Å². The summed E-state index contributed by atoms with van der Waals surface area (Å²) >= 11 is 0. The van der Waals surface area contributed by atoms with Gasteiger partial charge in [0.05, 0.1) is 0 Å². The fourth-order valence-electron chi connectivity index (χ4n) is 4.60. The van der Waals surface area contributed by atoms with Crippen molar-refractivity contribution >= 4 is 0 Å². The minimum absolute atomic E-state index is 0. The molecule has 1 heterocycles. The molecule has 3 aliphatic rings. The molecule has 152 valence electrons. The number of fused-ring (bicyclic) bond motifs is 3. The molecule has 0 saturated heterocycles. The van der Waals surface area contributed by atoms with Gasteiger partial charge in [0.15, 0.2) is 5.75 Å². The summed E-state index contributed by atoms with van der Waals surface area (Å²) in [7, 11) is 0. The van der Waals surface area contributed by atoms with Gasteiger partial charge in [-0.2, -0.15) is 0 Å². The summed E-state index contributed by atoms with van der Waals surface area (Å²) in [6.07, 6.45) is 9.82. The Morgan fingerprint density at radius 3 is 2.18 bits per heavy atom. The van der Waals surface area contributed by atoms with E-state index in [1.54, 1.807) is 0 Å². The van der Waals surface area contributed by atoms with Gasteiger partial charge in [-0.15, -0.1) is 34.9 Å². The first-order valence-corrected chi connectivity index (χ1v) is 9.39. The number of rotatable bonds is 1. The molecule has 1 aliphatic heterocycles. The van der Waals surface area contributed by atoms with Crippen molar-refractivity contribution in [2.75, 3.05) is 13.2 Å². The van der Waals surface area contributed by atoms with E-state index in [0.717, 1.165) is 24.3 Å². The number of ether oxygens (including phenoxy) is 2. The van der Waals surface area contributed by atoms with Crippen molar-refractivity contribution < 1.29 is 29.3 Å². The molecule has 0 radical (unpaired) electrons. The number of hydrogen-bond acceptors (Lipinski definition) is 2. The van der Waals surface area contributed by atoms with Gasteiger partial charge in [0.1, 0.15) is 19.0 Å². The van der Waals surface area contributed by atoms with Crippen molar-refractivity contribution in [2.45, 2.75) is 51.4 Å². The molecule has 0 spiro atoms. The van der Waals surface area contributed by atoms with E-state index in [2.05, 4.69) is 24.3 Å². The maximum absolute atomic E-state index is 6.12. The van der Waals surface area contributed by atoms with Gasteiger partial charge >= 0.3 is 19.8 Å². The largest absolute Gasteiger partial charge is 4.00 e. The van der Waals surface area contributed by atoms with Crippen LogP contribution in [0, 0.1) is 28.3 Å². The SMILES string of the molecule is [CH3-].[CH3-].[CH3-].[Os+4].[c-]1ccc2c(c1-c1c3c(cc4c1OCCO4)CCCC3)CCCC2. The molecule has 2 aromatic carbocycles. The van der Waals surface area contributed by atoms with Crippen LogP contribution in [0.5, 0.6) is 11.5 Å². The van der Waals surface area contributed by atoms with Gasteiger partial charge in [-0.3, -0.25) is 0 Å². The Balaban J connectivity index is 0.000000980. The monoisotopic (exact) mass is 556 g/mol. The molecule has 0 aromatic heterocycles. The first kappa shape index (κ1) is 24.7. The summed E-state index contributed by atoms with van der Waals surface area (Å²) in [5.41, 5.74) is 8.53. The molecule has 0 unspecified atom stereocenters. The second-order valence-electron chi connectivity index (χ2n) is 7.18. The van der Waals surface area contributed by atoms with Crippen molar-refractivity contribution in [3.05, 3.63) is 68.8 Å². The maximum Gasteiger partial charge on any atom is 4.00 e. The Kier molecular flexibility index (Phi) is 9.23. The standard InChI is InChI=1S/C22H23O2.3CH3.Os/c1-3-9-17-15(6-1)8-5-11-19(17)21-18-10-4-2-7-16(18)14-20-22(21)24-13-12-23-20;;;;/h5,8,14H,1-4,6-7,9-10,12-13H2;3*1H3;/q4*-1;+4. The summed E-state index contributed by atoms with van der Waals surface area (Å²) in [5.74, 6) is 1.91. The molecule has 28 heavy (non-hydrogen) atoms. The second kappa shape index (κ2) is 10.5. The van der Waals surface area contributed by atoms with Crippen LogP contribution >= 0.6 is 0 Å². The molecule has 0 bridgehead atoms. The van der Waals surface area contributed by atoms with Gasteiger partial charge in [-0.25, -0.2) is 0 Å². The van der Waals surface area contributed by atoms with Crippen molar-refractivity contribution in [1.82, 2.24) is 0 Å². The molecule has 0 saturated carbocycles. The minimum Gasteiger partial charge on any atom is -0.495 e. The van der Waals surface area contributed by atoms with Crippen LogP contribution in [0.4, 0.5) is 0 Å². The fourth-order valence-corrected chi connectivity index (χ4v) is 4.60. The van der Waals surface area contributed by atoms with Crippen LogP contribution in [0.25, 0.3) is 11.1 Å². The number of hydrogen-bond donors (Lipinski definition) is 0. The third-order valence-electron chi connectivity index (χ3n) is 5.73. The Hall–Kier alpha value is -1.32. The van der Waals surface area contributed by atoms with E-state index in [1.807, 2.05) is 0 Å². The summed E-state index contributed by atoms with van der Waals surface area (Å²) in [6, 6.07) is 10.2. The molecule has 0 N–H and O–H groups in total. The van der Waals surface area contributed by atoms with E-state index in [0.29, 0.717) is 13.2 Å². The Bertz CT molecular complexity index is 763. The third-order valence-corrected chi connectivity index (χ3v) is 5.73. The van der Waals surface area contributed by atoms with E-state index in [4.69, 9.17) is 9.47 Å². The zero-order valence-electron chi connectivity index (χ0n) is 17.5. The predicted molar refractivity (Wildman–Crippen MR) is 114 cm³/mol. The molecule has 0 amide bonds. The quantitative estimate of drug-likeness (QED) is 0.401. The average Bonchev–Trinajstić information content (AvgIpc) is 2.66. The number of aryl methyl sites for hydroxylation is 2. The fraction of sp³-hybridized carbons (Fsp3) is 0.400. The molecule has 3 heteroatoms. The van der Waals surface area contributed by atoms with Crippen LogP contribution in [0.15, 0.2) is 18.2 Å². The normalized spacial score (nSPS) is 16.0. The van der Waals surface area contributed by atoms with Crippen LogP contribution in [0.2, 0.25) is 0 Å². The minimum atomic E-state index is 0. The summed E-state index contributed by atoms with van der Waals surface area (Å²) < 4.78 is 12.1. The van der Waals surface area contributed by atoms with Crippen LogP contribution in [0.3, 0.4) is 0 Å². The zero-order chi connectivity index (χ0) is 15.9. The average molecular weight is 555 g/mol. The third kappa shape index (κ3) is 4.16. The van der Waals surface area contributed by atoms with Crippen LogP contribution in [-0.2, 0) is 45.5 Å². The second-order valence-corrected chi connectivity index (χ2v) is 7.18. The van der Waals surface area contributed by atoms with Crippen molar-refractivity contribution in [1.29, 1.82) is 0 Å². The molecular weight excluding hydrogens is 523 g/mol. The van der Waals surface area contributed by atoms with Crippen molar-refractivity contribution in [3.63, 3.8) is 0 Å². The number of benzene rings is 2. The van der Waals surface area contributed by atoms with Crippen LogP contribution < -0.4 is 9.47 Å². The molecule has 5 rings (SSSR count). The van der Waals surface area contributed by atoms with Crippen LogP contribution in [0.1, 0.15) is 47.9 Å². The molecule has 2 nitrogen and oxygen atoms in total.